The highest BCUT2D eigenvalue weighted by molar-refractivity contribution is 5.92. The molecule has 6 nitrogen and oxygen atoms in total. The quantitative estimate of drug-likeness (QED) is 0.765. The normalized spacial score (nSPS) is 11.8. The van der Waals surface area contributed by atoms with Crippen molar-refractivity contribution in [3.63, 3.8) is 0 Å². The molecule has 1 aromatic heterocycles. The van der Waals surface area contributed by atoms with Crippen molar-refractivity contribution in [2.24, 2.45) is 0 Å². The fraction of sp³-hybridized carbons (Fsp3) is 0.455. The molecule has 2 N–H and O–H groups in total. The number of nitrogens with zero attached hydrogens (tertiary/aromatic N) is 2. The molecule has 17 heavy (non-hydrogen) atoms. The number of carboxylic acids is 1. The minimum atomic E-state index is -0.822. The molecule has 1 atom stereocenters. The fourth-order valence-corrected chi connectivity index (χ4v) is 1.35. The number of carbonyl (C=O) groups excluding carboxylic acids is 1. The molecular formula is C11H15N3O3. The van der Waals surface area contributed by atoms with Crippen LogP contribution < -0.4 is 5.32 Å². The Hall–Kier alpha value is -1.98. The summed E-state index contributed by atoms with van der Waals surface area (Å²) in [5, 5.41) is 11.2. The van der Waals surface area contributed by atoms with Crippen molar-refractivity contribution in [1.82, 2.24) is 15.3 Å². The van der Waals surface area contributed by atoms with Crippen LogP contribution in [0.2, 0.25) is 0 Å². The Morgan fingerprint density at radius 3 is 2.82 bits per heavy atom. The molecule has 0 aliphatic carbocycles. The van der Waals surface area contributed by atoms with Crippen LogP contribution in [0.15, 0.2) is 18.6 Å². The summed E-state index contributed by atoms with van der Waals surface area (Å²) in [5.74, 6) is -1.11. The van der Waals surface area contributed by atoms with Gasteiger partial charge in [0.05, 0.1) is 6.20 Å². The first-order valence-corrected chi connectivity index (χ1v) is 5.38. The third kappa shape index (κ3) is 5.05. The minimum Gasteiger partial charge on any atom is -0.481 e. The number of hydrogen-bond donors (Lipinski definition) is 2. The number of carbonyl (C=O) groups is 2. The van der Waals surface area contributed by atoms with Crippen LogP contribution in [0, 0.1) is 0 Å². The first-order valence-electron chi connectivity index (χ1n) is 5.38. The van der Waals surface area contributed by atoms with Crippen LogP contribution in [-0.4, -0.2) is 33.0 Å². The van der Waals surface area contributed by atoms with Gasteiger partial charge in [0.25, 0.3) is 5.91 Å². The van der Waals surface area contributed by atoms with Gasteiger partial charge in [-0.3, -0.25) is 14.6 Å². The number of carboxylic acid groups (broad SMARTS) is 1. The zero-order valence-corrected chi connectivity index (χ0v) is 9.59. The van der Waals surface area contributed by atoms with Gasteiger partial charge in [-0.05, 0) is 19.8 Å². The Morgan fingerprint density at radius 2 is 2.24 bits per heavy atom. The van der Waals surface area contributed by atoms with E-state index in [0.29, 0.717) is 12.8 Å². The number of aromatic nitrogens is 2. The molecule has 0 bridgehead atoms. The van der Waals surface area contributed by atoms with E-state index >= 15 is 0 Å². The Balaban J connectivity index is 2.34. The SMILES string of the molecule is CC(CCCC(=O)O)NC(=O)c1cnccn1. The summed E-state index contributed by atoms with van der Waals surface area (Å²) in [4.78, 5) is 29.6. The van der Waals surface area contributed by atoms with Gasteiger partial charge in [0.2, 0.25) is 0 Å². The van der Waals surface area contributed by atoms with Crippen LogP contribution in [0.25, 0.3) is 0 Å². The number of nitrogens with one attached hydrogen (secondary N) is 1. The summed E-state index contributed by atoms with van der Waals surface area (Å²) in [5.41, 5.74) is 0.262. The topological polar surface area (TPSA) is 92.2 Å². The molecule has 0 radical (unpaired) electrons. The lowest BCUT2D eigenvalue weighted by molar-refractivity contribution is -0.137. The molecule has 0 fully saturated rings. The summed E-state index contributed by atoms with van der Waals surface area (Å²) in [6.07, 6.45) is 5.61. The molecular weight excluding hydrogens is 222 g/mol. The van der Waals surface area contributed by atoms with Crippen molar-refractivity contribution in [2.45, 2.75) is 32.2 Å². The predicted octanol–water partition coefficient (Wildman–Crippen LogP) is 0.850. The monoisotopic (exact) mass is 237 g/mol. The Bertz CT molecular complexity index is 381. The minimum absolute atomic E-state index is 0.0798. The maximum absolute atomic E-state index is 11.6. The van der Waals surface area contributed by atoms with E-state index in [-0.39, 0.29) is 24.1 Å². The summed E-state index contributed by atoms with van der Waals surface area (Å²) in [6.45, 7) is 1.83. The van der Waals surface area contributed by atoms with Crippen LogP contribution >= 0.6 is 0 Å². The van der Waals surface area contributed by atoms with Gasteiger partial charge in [-0.1, -0.05) is 0 Å². The maximum atomic E-state index is 11.6. The van der Waals surface area contributed by atoms with Gasteiger partial charge in [-0.2, -0.15) is 0 Å². The Labute approximate surface area is 99.1 Å². The van der Waals surface area contributed by atoms with Gasteiger partial charge in [0.1, 0.15) is 5.69 Å². The molecule has 6 heteroatoms. The largest absolute Gasteiger partial charge is 0.481 e. The molecule has 0 saturated carbocycles. The number of hydrogen-bond acceptors (Lipinski definition) is 4. The molecule has 0 aromatic carbocycles. The summed E-state index contributed by atoms with van der Waals surface area (Å²) < 4.78 is 0. The molecule has 1 aromatic rings. The van der Waals surface area contributed by atoms with Gasteiger partial charge >= 0.3 is 5.97 Å². The first-order chi connectivity index (χ1) is 8.09. The van der Waals surface area contributed by atoms with E-state index in [9.17, 15) is 9.59 Å². The van der Waals surface area contributed by atoms with E-state index < -0.39 is 5.97 Å². The Kier molecular flexibility index (Phi) is 5.06. The highest BCUT2D eigenvalue weighted by Crippen LogP contribution is 2.01. The summed E-state index contributed by atoms with van der Waals surface area (Å²) in [6, 6.07) is -0.0798. The second-order valence-electron chi connectivity index (χ2n) is 3.75. The average Bonchev–Trinajstić information content (AvgIpc) is 2.29. The molecule has 0 spiro atoms. The van der Waals surface area contributed by atoms with E-state index in [1.165, 1.54) is 18.6 Å². The fourth-order valence-electron chi connectivity index (χ4n) is 1.35. The van der Waals surface area contributed by atoms with Gasteiger partial charge in [0, 0.05) is 24.9 Å². The van der Waals surface area contributed by atoms with Crippen LogP contribution in [0.3, 0.4) is 0 Å². The summed E-state index contributed by atoms with van der Waals surface area (Å²) >= 11 is 0. The van der Waals surface area contributed by atoms with Crippen LogP contribution in [-0.2, 0) is 4.79 Å². The highest BCUT2D eigenvalue weighted by Gasteiger charge is 2.11. The van der Waals surface area contributed by atoms with E-state index in [4.69, 9.17) is 5.11 Å². The van der Waals surface area contributed by atoms with Crippen molar-refractivity contribution >= 4 is 11.9 Å². The van der Waals surface area contributed by atoms with Gasteiger partial charge in [-0.15, -0.1) is 0 Å². The zero-order valence-electron chi connectivity index (χ0n) is 9.59. The molecule has 0 aliphatic heterocycles. The van der Waals surface area contributed by atoms with E-state index in [0.717, 1.165) is 0 Å². The van der Waals surface area contributed by atoms with Crippen molar-refractivity contribution in [3.05, 3.63) is 24.3 Å². The second kappa shape index (κ2) is 6.57. The third-order valence-electron chi connectivity index (χ3n) is 2.20. The third-order valence-corrected chi connectivity index (χ3v) is 2.20. The number of rotatable bonds is 6. The van der Waals surface area contributed by atoms with Crippen molar-refractivity contribution < 1.29 is 14.7 Å². The zero-order chi connectivity index (χ0) is 12.7. The van der Waals surface area contributed by atoms with Crippen molar-refractivity contribution in [3.8, 4) is 0 Å². The first kappa shape index (κ1) is 13.1. The van der Waals surface area contributed by atoms with Crippen LogP contribution in [0.1, 0.15) is 36.7 Å². The van der Waals surface area contributed by atoms with Crippen LogP contribution in [0.4, 0.5) is 0 Å². The van der Waals surface area contributed by atoms with Crippen LogP contribution in [0.5, 0.6) is 0 Å². The van der Waals surface area contributed by atoms with Gasteiger partial charge in [-0.25, -0.2) is 4.98 Å². The smallest absolute Gasteiger partial charge is 0.303 e. The van der Waals surface area contributed by atoms with Gasteiger partial charge in [0.15, 0.2) is 0 Å². The van der Waals surface area contributed by atoms with Gasteiger partial charge < -0.3 is 10.4 Å². The molecule has 1 amide bonds. The average molecular weight is 237 g/mol. The molecule has 1 unspecified atom stereocenters. The highest BCUT2D eigenvalue weighted by atomic mass is 16.4. The van der Waals surface area contributed by atoms with E-state index in [1.54, 1.807) is 0 Å². The Morgan fingerprint density at radius 1 is 1.47 bits per heavy atom. The standard InChI is InChI=1S/C11H15N3O3/c1-8(3-2-4-10(15)16)14-11(17)9-7-12-5-6-13-9/h5-8H,2-4H2,1H3,(H,14,17)(H,15,16). The molecule has 0 saturated heterocycles. The van der Waals surface area contributed by atoms with E-state index in [1.807, 2.05) is 6.92 Å². The second-order valence-corrected chi connectivity index (χ2v) is 3.75. The lowest BCUT2D eigenvalue weighted by atomic mass is 10.1. The van der Waals surface area contributed by atoms with E-state index in [2.05, 4.69) is 15.3 Å². The predicted molar refractivity (Wildman–Crippen MR) is 60.4 cm³/mol. The summed E-state index contributed by atoms with van der Waals surface area (Å²) in [7, 11) is 0. The molecule has 1 rings (SSSR count). The molecule has 0 aliphatic rings. The maximum Gasteiger partial charge on any atom is 0.303 e. The number of aliphatic carboxylic acids is 1. The molecule has 92 valence electrons. The number of amides is 1. The lowest BCUT2D eigenvalue weighted by Gasteiger charge is -2.12. The van der Waals surface area contributed by atoms with Crippen molar-refractivity contribution in [2.75, 3.05) is 0 Å². The lowest BCUT2D eigenvalue weighted by Crippen LogP contribution is -2.33. The van der Waals surface area contributed by atoms with Crippen molar-refractivity contribution in [1.29, 1.82) is 0 Å². The molecule has 1 heterocycles.